The van der Waals surface area contributed by atoms with E-state index in [9.17, 15) is 33.4 Å². The highest BCUT2D eigenvalue weighted by atomic mass is 31.2. The van der Waals surface area contributed by atoms with E-state index in [2.05, 4.69) is 10.1 Å². The summed E-state index contributed by atoms with van der Waals surface area (Å²) < 4.78 is 94.0. The van der Waals surface area contributed by atoms with Gasteiger partial charge in [-0.05, 0) is 53.4 Å². The van der Waals surface area contributed by atoms with E-state index >= 15 is 8.78 Å². The average Bonchev–Trinajstić information content (AvgIpc) is 3.29. The van der Waals surface area contributed by atoms with Gasteiger partial charge in [-0.2, -0.15) is 0 Å². The Labute approximate surface area is 288 Å². The number of carbonyl (C=O) groups excluding carboxylic acids is 1. The lowest BCUT2D eigenvalue weighted by atomic mass is 10.00. The molecule has 2 aliphatic rings. The van der Waals surface area contributed by atoms with Crippen molar-refractivity contribution >= 4 is 31.4 Å². The minimum atomic E-state index is -4.36. The minimum absolute atomic E-state index is 0.0706. The molecule has 19 heteroatoms. The summed E-state index contributed by atoms with van der Waals surface area (Å²) in [5, 5.41) is 34.2. The number of aliphatic hydroxyl groups excluding tert-OH is 1. The number of hydrogen-bond acceptors (Lipinski definition) is 11. The van der Waals surface area contributed by atoms with Gasteiger partial charge in [-0.3, -0.25) is 34.4 Å². The lowest BCUT2D eigenvalue weighted by Gasteiger charge is -2.26. The third-order valence-corrected chi connectivity index (χ3v) is 9.20. The molecule has 1 amide bonds. The average molecular weight is 738 g/mol. The lowest BCUT2D eigenvalue weighted by molar-refractivity contribution is -0.385. The number of nitro groups is 1. The third-order valence-electron chi connectivity index (χ3n) is 7.67. The van der Waals surface area contributed by atoms with Crippen molar-refractivity contribution in [3.05, 3.63) is 88.0 Å². The molecule has 0 aliphatic carbocycles. The number of nitrogens with zero attached hydrogens (tertiary/aromatic N) is 2. The number of nitrogens with one attached hydrogen (secondary N) is 3. The second-order valence-electron chi connectivity index (χ2n) is 12.0. The molecule has 3 aromatic rings. The number of benzene rings is 3. The Hall–Kier alpha value is -4.58. The molecule has 272 valence electrons. The van der Waals surface area contributed by atoms with Crippen LogP contribution < -0.4 is 15.1 Å². The number of halogens is 4. The molecule has 1 saturated heterocycles. The van der Waals surface area contributed by atoms with Crippen LogP contribution in [0.4, 0.5) is 23.2 Å². The molecule has 0 bridgehead atoms. The standard InChI is InChI=1S/C32H32F4N5O9P/c1-17(2)13-39-51(46,48-16-26-29(42)32(35,36)30(50-26)28-31(43)40-27(37)14-38-28)47-15-18-3-10-24(41(44)45)25(11-18)49-21-8-9-22(23(34)12-21)19-4-6-20(33)7-5-19/h3-12,14,17,26,28-30,42H,13,15-16H2,1-2H3,(H,39,46)(H2,37,40,43). The quantitative estimate of drug-likeness (QED) is 0.0707. The molecule has 5 atom stereocenters. The van der Waals surface area contributed by atoms with Crippen molar-refractivity contribution in [3.8, 4) is 22.6 Å². The number of ether oxygens (including phenoxy) is 2. The summed E-state index contributed by atoms with van der Waals surface area (Å²) in [6.07, 6.45) is -5.63. The summed E-state index contributed by atoms with van der Waals surface area (Å²) in [5.41, 5.74) is 0.214. The van der Waals surface area contributed by atoms with Gasteiger partial charge >= 0.3 is 19.4 Å². The van der Waals surface area contributed by atoms with Gasteiger partial charge in [-0.1, -0.05) is 26.0 Å². The monoisotopic (exact) mass is 737 g/mol. The van der Waals surface area contributed by atoms with Crippen LogP contribution in [0.25, 0.3) is 11.1 Å². The largest absolute Gasteiger partial charge is 0.450 e. The van der Waals surface area contributed by atoms with E-state index in [0.29, 0.717) is 5.56 Å². The van der Waals surface area contributed by atoms with E-state index in [-0.39, 0.29) is 35.1 Å². The Bertz CT molecular complexity index is 1880. The number of rotatable bonds is 14. The number of aliphatic imine (C=N–C) groups is 1. The van der Waals surface area contributed by atoms with Gasteiger partial charge in [0.2, 0.25) is 5.75 Å². The van der Waals surface area contributed by atoms with Crippen LogP contribution in [0.5, 0.6) is 11.5 Å². The van der Waals surface area contributed by atoms with Gasteiger partial charge in [-0.15, -0.1) is 0 Å². The highest BCUT2D eigenvalue weighted by Gasteiger charge is 2.62. The first-order valence-corrected chi connectivity index (χ1v) is 16.9. The highest BCUT2D eigenvalue weighted by molar-refractivity contribution is 7.51. The van der Waals surface area contributed by atoms with Crippen molar-refractivity contribution in [3.63, 3.8) is 0 Å². The van der Waals surface area contributed by atoms with Gasteiger partial charge in [0, 0.05) is 24.2 Å². The Kier molecular flexibility index (Phi) is 11.3. The summed E-state index contributed by atoms with van der Waals surface area (Å²) in [6, 6.07) is 10.6. The maximum atomic E-state index is 15.0. The normalized spacial score (nSPS) is 22.5. The minimum Gasteiger partial charge on any atom is -0.450 e. The number of carbonyl (C=O) groups is 1. The van der Waals surface area contributed by atoms with Crippen LogP contribution in [0, 0.1) is 33.1 Å². The zero-order valence-corrected chi connectivity index (χ0v) is 27.8. The topological polar surface area (TPSA) is 195 Å². The highest BCUT2D eigenvalue weighted by Crippen LogP contribution is 2.47. The van der Waals surface area contributed by atoms with Crippen molar-refractivity contribution in [1.82, 2.24) is 10.4 Å². The van der Waals surface area contributed by atoms with E-state index in [4.69, 9.17) is 23.9 Å². The van der Waals surface area contributed by atoms with Gasteiger partial charge < -0.3 is 19.9 Å². The Morgan fingerprint density at radius 1 is 1.14 bits per heavy atom. The molecule has 1 fully saturated rings. The number of alkyl halides is 2. The van der Waals surface area contributed by atoms with Gasteiger partial charge in [0.05, 0.1) is 24.4 Å². The van der Waals surface area contributed by atoms with Gasteiger partial charge in [0.15, 0.2) is 12.1 Å². The van der Waals surface area contributed by atoms with Crippen molar-refractivity contribution in [1.29, 1.82) is 5.41 Å². The van der Waals surface area contributed by atoms with Gasteiger partial charge in [0.1, 0.15) is 35.4 Å². The molecule has 0 aromatic heterocycles. The molecule has 14 nitrogen and oxygen atoms in total. The molecular formula is C32H32F4N5O9P. The Morgan fingerprint density at radius 3 is 2.51 bits per heavy atom. The SMILES string of the molecule is CC(C)CNP(=O)(OCc1ccc([N+](=O)[O-])c(Oc2ccc(-c3ccc(F)cc3)c(F)c2)c1)OCC1OC(C2N=CC(=N)NC2=O)C(F)(F)C1O. The zero-order valence-electron chi connectivity index (χ0n) is 26.9. The first kappa shape index (κ1) is 37.7. The molecule has 2 heterocycles. The van der Waals surface area contributed by atoms with E-state index < -0.39 is 85.2 Å². The number of amides is 1. The molecular weight excluding hydrogens is 705 g/mol. The van der Waals surface area contributed by atoms with Crippen molar-refractivity contribution in [2.45, 2.75) is 50.7 Å². The molecule has 3 aromatic carbocycles. The van der Waals surface area contributed by atoms with Crippen LogP contribution in [0.1, 0.15) is 19.4 Å². The molecule has 5 rings (SSSR count). The van der Waals surface area contributed by atoms with Crippen LogP contribution in [-0.2, 0) is 29.8 Å². The molecule has 4 N–H and O–H groups in total. The second-order valence-corrected chi connectivity index (χ2v) is 13.8. The van der Waals surface area contributed by atoms with Gasteiger partial charge in [0.25, 0.3) is 5.91 Å². The molecule has 0 saturated carbocycles. The number of amidine groups is 1. The Balaban J connectivity index is 1.30. The van der Waals surface area contributed by atoms with Gasteiger partial charge in [-0.25, -0.2) is 27.2 Å². The molecule has 0 radical (unpaired) electrons. The first-order chi connectivity index (χ1) is 24.1. The summed E-state index contributed by atoms with van der Waals surface area (Å²) >= 11 is 0. The third kappa shape index (κ3) is 8.84. The van der Waals surface area contributed by atoms with E-state index in [1.54, 1.807) is 13.8 Å². The maximum Gasteiger partial charge on any atom is 0.405 e. The smallest absolute Gasteiger partial charge is 0.405 e. The van der Waals surface area contributed by atoms with Crippen LogP contribution >= 0.6 is 7.75 Å². The summed E-state index contributed by atoms with van der Waals surface area (Å²) in [7, 11) is -4.36. The zero-order chi connectivity index (χ0) is 37.1. The van der Waals surface area contributed by atoms with Crippen molar-refractivity contribution < 1.29 is 55.5 Å². The summed E-state index contributed by atoms with van der Waals surface area (Å²) in [5.74, 6) is -7.19. The van der Waals surface area contributed by atoms with E-state index in [0.717, 1.165) is 18.3 Å². The van der Waals surface area contributed by atoms with E-state index in [1.807, 2.05) is 5.32 Å². The predicted molar refractivity (Wildman–Crippen MR) is 174 cm³/mol. The number of aliphatic hydroxyl groups is 1. The molecule has 51 heavy (non-hydrogen) atoms. The molecule has 0 spiro atoms. The fourth-order valence-corrected chi connectivity index (χ4v) is 6.55. The van der Waals surface area contributed by atoms with Crippen molar-refractivity contribution in [2.24, 2.45) is 10.9 Å². The summed E-state index contributed by atoms with van der Waals surface area (Å²) in [6.45, 7) is 2.23. The fraction of sp³-hybridized carbons (Fsp3) is 0.344. The molecule has 5 unspecified atom stereocenters. The number of hydrogen-bond donors (Lipinski definition) is 4. The lowest BCUT2D eigenvalue weighted by Crippen LogP contribution is -2.53. The van der Waals surface area contributed by atoms with Crippen LogP contribution in [0.2, 0.25) is 0 Å². The Morgan fingerprint density at radius 2 is 1.86 bits per heavy atom. The number of nitro benzene ring substituents is 1. The summed E-state index contributed by atoms with van der Waals surface area (Å²) in [4.78, 5) is 26.9. The second kappa shape index (κ2) is 15.3. The first-order valence-electron chi connectivity index (χ1n) is 15.3. The predicted octanol–water partition coefficient (Wildman–Crippen LogP) is 5.53. The maximum absolute atomic E-state index is 15.0. The van der Waals surface area contributed by atoms with E-state index in [1.165, 1.54) is 48.5 Å². The van der Waals surface area contributed by atoms with Crippen LogP contribution in [0.3, 0.4) is 0 Å². The van der Waals surface area contributed by atoms with Crippen molar-refractivity contribution in [2.75, 3.05) is 13.2 Å². The van der Waals surface area contributed by atoms with Crippen LogP contribution in [-0.4, -0.2) is 71.4 Å². The fourth-order valence-electron chi connectivity index (χ4n) is 5.05. The molecule has 2 aliphatic heterocycles. The van der Waals surface area contributed by atoms with Crippen LogP contribution in [0.15, 0.2) is 65.7 Å².